The summed E-state index contributed by atoms with van der Waals surface area (Å²) in [7, 11) is 0. The van der Waals surface area contributed by atoms with Crippen LogP contribution >= 0.6 is 0 Å². The van der Waals surface area contributed by atoms with E-state index in [-0.39, 0.29) is 17.6 Å². The summed E-state index contributed by atoms with van der Waals surface area (Å²) >= 11 is 0. The molecule has 112 valence electrons. The second kappa shape index (κ2) is 5.82. The van der Waals surface area contributed by atoms with Crippen LogP contribution in [0.25, 0.3) is 0 Å². The van der Waals surface area contributed by atoms with E-state index >= 15 is 0 Å². The van der Waals surface area contributed by atoms with Crippen molar-refractivity contribution in [3.05, 3.63) is 11.7 Å². The van der Waals surface area contributed by atoms with Gasteiger partial charge in [0.15, 0.2) is 5.82 Å². The Balaban J connectivity index is 1.66. The van der Waals surface area contributed by atoms with Gasteiger partial charge in [0.2, 0.25) is 5.89 Å². The summed E-state index contributed by atoms with van der Waals surface area (Å²) in [6.07, 6.45) is 6.96. The van der Waals surface area contributed by atoms with Crippen molar-refractivity contribution in [1.29, 1.82) is 0 Å². The second-order valence-corrected chi connectivity index (χ2v) is 6.72. The number of hydrogen-bond donors (Lipinski definition) is 1. The van der Waals surface area contributed by atoms with Gasteiger partial charge in [0.1, 0.15) is 0 Å². The summed E-state index contributed by atoms with van der Waals surface area (Å²) in [4.78, 5) is 4.60. The number of nitrogens with zero attached hydrogens (tertiary/aromatic N) is 2. The molecule has 20 heavy (non-hydrogen) atoms. The molecule has 1 aromatic heterocycles. The molecule has 0 saturated carbocycles. The van der Waals surface area contributed by atoms with Crippen LogP contribution in [0.15, 0.2) is 4.52 Å². The van der Waals surface area contributed by atoms with Crippen LogP contribution in [-0.4, -0.2) is 29.4 Å². The Morgan fingerprint density at radius 2 is 2.20 bits per heavy atom. The third-order valence-corrected chi connectivity index (χ3v) is 4.54. The zero-order valence-electron chi connectivity index (χ0n) is 12.5. The lowest BCUT2D eigenvalue weighted by atomic mass is 9.77. The molecule has 5 heteroatoms. The van der Waals surface area contributed by atoms with Crippen molar-refractivity contribution in [2.24, 2.45) is 5.41 Å². The molecule has 2 saturated heterocycles. The third-order valence-electron chi connectivity index (χ3n) is 4.54. The monoisotopic (exact) mass is 279 g/mol. The summed E-state index contributed by atoms with van der Waals surface area (Å²) in [6.45, 7) is 6.42. The fourth-order valence-corrected chi connectivity index (χ4v) is 3.27. The van der Waals surface area contributed by atoms with Crippen molar-refractivity contribution in [1.82, 2.24) is 15.5 Å². The normalized spacial score (nSPS) is 30.3. The molecule has 0 aromatic carbocycles. The van der Waals surface area contributed by atoms with Crippen molar-refractivity contribution >= 4 is 0 Å². The lowest BCUT2D eigenvalue weighted by molar-refractivity contribution is 0.0153. The summed E-state index contributed by atoms with van der Waals surface area (Å²) in [5.74, 6) is 1.52. The molecule has 0 aliphatic carbocycles. The Labute approximate surface area is 120 Å². The lowest BCUT2D eigenvalue weighted by Gasteiger charge is -2.36. The van der Waals surface area contributed by atoms with Gasteiger partial charge >= 0.3 is 0 Å². The molecule has 5 nitrogen and oxygen atoms in total. The van der Waals surface area contributed by atoms with Gasteiger partial charge in [-0.2, -0.15) is 4.98 Å². The first-order chi connectivity index (χ1) is 9.65. The number of nitrogens with one attached hydrogen (secondary N) is 1. The molecule has 1 aromatic rings. The molecule has 2 unspecified atom stereocenters. The highest BCUT2D eigenvalue weighted by Gasteiger charge is 2.37. The van der Waals surface area contributed by atoms with E-state index in [0.29, 0.717) is 0 Å². The molecular formula is C15H25N3O2. The van der Waals surface area contributed by atoms with Crippen LogP contribution in [0.1, 0.15) is 63.7 Å². The first-order valence-corrected chi connectivity index (χ1v) is 7.83. The third kappa shape index (κ3) is 3.04. The highest BCUT2D eigenvalue weighted by Crippen LogP contribution is 2.39. The first kappa shape index (κ1) is 14.0. The Morgan fingerprint density at radius 3 is 2.95 bits per heavy atom. The van der Waals surface area contributed by atoms with E-state index in [4.69, 9.17) is 9.26 Å². The van der Waals surface area contributed by atoms with E-state index in [0.717, 1.165) is 37.7 Å². The highest BCUT2D eigenvalue weighted by molar-refractivity contribution is 5.02. The quantitative estimate of drug-likeness (QED) is 0.921. The van der Waals surface area contributed by atoms with Crippen LogP contribution in [0.5, 0.6) is 0 Å². The predicted molar refractivity (Wildman–Crippen MR) is 75.4 cm³/mol. The van der Waals surface area contributed by atoms with Gasteiger partial charge in [-0.1, -0.05) is 19.0 Å². The molecule has 1 N–H and O–H groups in total. The summed E-state index contributed by atoms with van der Waals surface area (Å²) in [6, 6.07) is 0.171. The van der Waals surface area contributed by atoms with Gasteiger partial charge in [0.05, 0.1) is 12.1 Å². The van der Waals surface area contributed by atoms with Crippen LogP contribution in [0.4, 0.5) is 0 Å². The fourth-order valence-electron chi connectivity index (χ4n) is 3.27. The fraction of sp³-hybridized carbons (Fsp3) is 0.867. The number of ether oxygens (including phenoxy) is 1. The minimum atomic E-state index is 0.170. The maximum Gasteiger partial charge on any atom is 0.244 e. The van der Waals surface area contributed by atoms with Crippen LogP contribution in [0, 0.1) is 5.41 Å². The zero-order chi connectivity index (χ0) is 14.0. The number of piperidine rings is 1. The van der Waals surface area contributed by atoms with Crippen molar-refractivity contribution in [2.45, 2.75) is 64.5 Å². The Morgan fingerprint density at radius 1 is 1.30 bits per heavy atom. The van der Waals surface area contributed by atoms with E-state index in [1.54, 1.807) is 0 Å². The lowest BCUT2D eigenvalue weighted by Crippen LogP contribution is -2.39. The molecular weight excluding hydrogens is 254 g/mol. The van der Waals surface area contributed by atoms with Gasteiger partial charge in [-0.05, 0) is 44.1 Å². The smallest absolute Gasteiger partial charge is 0.244 e. The topological polar surface area (TPSA) is 60.2 Å². The largest absolute Gasteiger partial charge is 0.378 e. The first-order valence-electron chi connectivity index (χ1n) is 7.83. The van der Waals surface area contributed by atoms with Gasteiger partial charge in [0, 0.05) is 13.0 Å². The Hall–Kier alpha value is -0.940. The van der Waals surface area contributed by atoms with Crippen LogP contribution in [0.3, 0.4) is 0 Å². The molecule has 0 bridgehead atoms. The van der Waals surface area contributed by atoms with Crippen molar-refractivity contribution < 1.29 is 9.26 Å². The zero-order valence-corrected chi connectivity index (χ0v) is 12.5. The number of aromatic nitrogens is 2. The highest BCUT2D eigenvalue weighted by atomic mass is 16.5. The van der Waals surface area contributed by atoms with E-state index in [2.05, 4.69) is 29.3 Å². The van der Waals surface area contributed by atoms with Crippen LogP contribution in [0.2, 0.25) is 0 Å². The standard InChI is InChI=1S/C15H25N3O2/c1-15(2)7-5-8-16-13(15)14-17-12(18-20-14)10-11-6-3-4-9-19-11/h11,13,16H,3-10H2,1-2H3. The van der Waals surface area contributed by atoms with Crippen molar-refractivity contribution in [2.75, 3.05) is 13.2 Å². The van der Waals surface area contributed by atoms with E-state index in [1.165, 1.54) is 25.7 Å². The SMILES string of the molecule is CC1(C)CCCNC1c1nc(CC2CCCCO2)no1. The molecule has 0 spiro atoms. The molecule has 2 fully saturated rings. The molecule has 0 radical (unpaired) electrons. The summed E-state index contributed by atoms with van der Waals surface area (Å²) in [5, 5.41) is 7.66. The van der Waals surface area contributed by atoms with Gasteiger partial charge in [-0.25, -0.2) is 0 Å². The van der Waals surface area contributed by atoms with Gasteiger partial charge in [-0.3, -0.25) is 0 Å². The average Bonchev–Trinajstić information content (AvgIpc) is 2.87. The molecule has 2 aliphatic heterocycles. The van der Waals surface area contributed by atoms with E-state index in [9.17, 15) is 0 Å². The van der Waals surface area contributed by atoms with E-state index in [1.807, 2.05) is 0 Å². The second-order valence-electron chi connectivity index (χ2n) is 6.72. The predicted octanol–water partition coefficient (Wildman–Crippen LogP) is 2.63. The maximum absolute atomic E-state index is 5.74. The van der Waals surface area contributed by atoms with E-state index < -0.39 is 0 Å². The van der Waals surface area contributed by atoms with Crippen molar-refractivity contribution in [3.63, 3.8) is 0 Å². The minimum absolute atomic E-state index is 0.170. The molecule has 3 heterocycles. The van der Waals surface area contributed by atoms with Crippen LogP contribution in [-0.2, 0) is 11.2 Å². The molecule has 2 aliphatic rings. The van der Waals surface area contributed by atoms with Gasteiger partial charge < -0.3 is 14.6 Å². The summed E-state index contributed by atoms with van der Waals surface area (Å²) in [5.41, 5.74) is 0.170. The Kier molecular flexibility index (Phi) is 4.08. The van der Waals surface area contributed by atoms with Crippen molar-refractivity contribution in [3.8, 4) is 0 Å². The molecule has 3 rings (SSSR count). The van der Waals surface area contributed by atoms with Gasteiger partial charge in [0.25, 0.3) is 0 Å². The Bertz CT molecular complexity index is 438. The minimum Gasteiger partial charge on any atom is -0.378 e. The number of rotatable bonds is 3. The maximum atomic E-state index is 5.74. The van der Waals surface area contributed by atoms with Gasteiger partial charge in [-0.15, -0.1) is 0 Å². The van der Waals surface area contributed by atoms with Crippen LogP contribution < -0.4 is 5.32 Å². The summed E-state index contributed by atoms with van der Waals surface area (Å²) < 4.78 is 11.2. The molecule has 2 atom stereocenters. The molecule has 0 amide bonds. The average molecular weight is 279 g/mol. The number of hydrogen-bond acceptors (Lipinski definition) is 5.